The molecule has 0 bridgehead atoms. The number of thiophene rings is 1. The van der Waals surface area contributed by atoms with Crippen LogP contribution in [-0.2, 0) is 20.9 Å². The van der Waals surface area contributed by atoms with Crippen LogP contribution in [-0.4, -0.2) is 29.7 Å². The van der Waals surface area contributed by atoms with Crippen LogP contribution >= 0.6 is 22.7 Å². The van der Waals surface area contributed by atoms with Crippen molar-refractivity contribution in [1.82, 2.24) is 4.57 Å². The smallest absolute Gasteiger partial charge is 0.338 e. The van der Waals surface area contributed by atoms with Crippen LogP contribution < -0.4 is 19.6 Å². The SMILES string of the molecule is CCOC(=O)C1=C(C)N=c2s/c(=C\c3ccccc3OCc3ccc(C(=O)OCC)cc3)c(=O)n2[C@@H]1c1cccs1. The summed E-state index contributed by atoms with van der Waals surface area (Å²) in [4.78, 5) is 44.7. The lowest BCUT2D eigenvalue weighted by atomic mass is 10.0. The van der Waals surface area contributed by atoms with Crippen LogP contribution in [0.5, 0.6) is 5.75 Å². The van der Waals surface area contributed by atoms with E-state index in [4.69, 9.17) is 14.2 Å². The van der Waals surface area contributed by atoms with E-state index in [-0.39, 0.29) is 24.7 Å². The molecule has 210 valence electrons. The van der Waals surface area contributed by atoms with E-state index in [0.29, 0.717) is 38.5 Å². The first-order valence-electron chi connectivity index (χ1n) is 13.1. The van der Waals surface area contributed by atoms with Crippen molar-refractivity contribution in [2.45, 2.75) is 33.4 Å². The molecule has 0 radical (unpaired) electrons. The Bertz CT molecular complexity index is 1780. The molecule has 0 unspecified atom stereocenters. The Hall–Kier alpha value is -4.28. The third-order valence-electron chi connectivity index (χ3n) is 6.39. The number of esters is 2. The molecule has 0 saturated carbocycles. The second-order valence-corrected chi connectivity index (χ2v) is 11.0. The van der Waals surface area contributed by atoms with Crippen molar-refractivity contribution in [2.75, 3.05) is 13.2 Å². The van der Waals surface area contributed by atoms with Crippen LogP contribution in [0.3, 0.4) is 0 Å². The van der Waals surface area contributed by atoms with Crippen molar-refractivity contribution in [1.29, 1.82) is 0 Å². The quantitative estimate of drug-likeness (QED) is 0.265. The molecule has 0 N–H and O–H groups in total. The molecule has 2 aromatic carbocycles. The van der Waals surface area contributed by atoms with E-state index in [1.807, 2.05) is 53.9 Å². The third-order valence-corrected chi connectivity index (χ3v) is 8.30. The van der Waals surface area contributed by atoms with Crippen LogP contribution in [0.25, 0.3) is 6.08 Å². The first-order valence-corrected chi connectivity index (χ1v) is 14.8. The summed E-state index contributed by atoms with van der Waals surface area (Å²) in [7, 11) is 0. The maximum Gasteiger partial charge on any atom is 0.338 e. The Balaban J connectivity index is 1.48. The normalized spacial score (nSPS) is 14.8. The predicted octanol–water partition coefficient (Wildman–Crippen LogP) is 4.62. The molecule has 1 aliphatic heterocycles. The maximum atomic E-state index is 13.8. The minimum Gasteiger partial charge on any atom is -0.488 e. The van der Waals surface area contributed by atoms with Gasteiger partial charge in [0.15, 0.2) is 4.80 Å². The fourth-order valence-corrected chi connectivity index (χ4v) is 6.35. The van der Waals surface area contributed by atoms with Crippen molar-refractivity contribution < 1.29 is 23.8 Å². The number of carbonyl (C=O) groups excluding carboxylic acids is 2. The van der Waals surface area contributed by atoms with Gasteiger partial charge in [-0.15, -0.1) is 11.3 Å². The van der Waals surface area contributed by atoms with Gasteiger partial charge in [-0.05, 0) is 62.1 Å². The zero-order valence-corrected chi connectivity index (χ0v) is 24.4. The van der Waals surface area contributed by atoms with Gasteiger partial charge in [0.25, 0.3) is 5.56 Å². The van der Waals surface area contributed by atoms with E-state index in [9.17, 15) is 14.4 Å². The Labute approximate surface area is 244 Å². The lowest BCUT2D eigenvalue weighted by Crippen LogP contribution is -2.39. The zero-order chi connectivity index (χ0) is 28.9. The number of hydrogen-bond acceptors (Lipinski definition) is 9. The summed E-state index contributed by atoms with van der Waals surface area (Å²) in [6.07, 6.45) is 1.79. The third kappa shape index (κ3) is 5.94. The highest BCUT2D eigenvalue weighted by Crippen LogP contribution is 2.33. The Kier molecular flexibility index (Phi) is 8.61. The fraction of sp³-hybridized carbons (Fsp3) is 0.226. The van der Waals surface area contributed by atoms with Gasteiger partial charge in [-0.1, -0.05) is 47.7 Å². The van der Waals surface area contributed by atoms with Gasteiger partial charge in [0.1, 0.15) is 18.4 Å². The number of benzene rings is 2. The zero-order valence-electron chi connectivity index (χ0n) is 22.8. The lowest BCUT2D eigenvalue weighted by Gasteiger charge is -2.23. The molecule has 0 fully saturated rings. The molecule has 4 aromatic rings. The van der Waals surface area contributed by atoms with Crippen molar-refractivity contribution in [3.63, 3.8) is 0 Å². The molecule has 8 nitrogen and oxygen atoms in total. The molecule has 5 rings (SSSR count). The van der Waals surface area contributed by atoms with Crippen LogP contribution in [0.4, 0.5) is 0 Å². The maximum absolute atomic E-state index is 13.8. The van der Waals surface area contributed by atoms with Gasteiger partial charge in [-0.25, -0.2) is 14.6 Å². The summed E-state index contributed by atoms with van der Waals surface area (Å²) in [5, 5.41) is 1.92. The molecule has 41 heavy (non-hydrogen) atoms. The summed E-state index contributed by atoms with van der Waals surface area (Å²) >= 11 is 2.74. The highest BCUT2D eigenvalue weighted by Gasteiger charge is 2.33. The molecule has 0 spiro atoms. The topological polar surface area (TPSA) is 96.2 Å². The van der Waals surface area contributed by atoms with Crippen LogP contribution in [0.1, 0.15) is 53.2 Å². The molecule has 0 amide bonds. The molecular formula is C31H28N2O6S2. The van der Waals surface area contributed by atoms with E-state index in [0.717, 1.165) is 16.0 Å². The number of nitrogens with zero attached hydrogens (tertiary/aromatic N) is 2. The van der Waals surface area contributed by atoms with Gasteiger partial charge in [0, 0.05) is 10.4 Å². The standard InChI is InChI=1S/C31H28N2O6S2/c1-4-37-29(35)21-14-12-20(13-15-21)18-39-23-10-7-6-9-22(23)17-25-28(34)33-27(24-11-8-16-40-24)26(30(36)38-5-2)19(3)32-31(33)41-25/h6-17,27H,4-5,18H2,1-3H3/b25-17-/t27-/m1/s1. The number of carbonyl (C=O) groups is 2. The monoisotopic (exact) mass is 588 g/mol. The number of aromatic nitrogens is 1. The van der Waals surface area contributed by atoms with Gasteiger partial charge < -0.3 is 14.2 Å². The molecular weight excluding hydrogens is 560 g/mol. The minimum absolute atomic E-state index is 0.226. The van der Waals surface area contributed by atoms with Crippen molar-refractivity contribution >= 4 is 40.7 Å². The van der Waals surface area contributed by atoms with E-state index in [1.54, 1.807) is 43.5 Å². The summed E-state index contributed by atoms with van der Waals surface area (Å²) in [5.74, 6) is -0.237. The first kappa shape index (κ1) is 28.3. The Morgan fingerprint density at radius 1 is 0.976 bits per heavy atom. The van der Waals surface area contributed by atoms with E-state index in [2.05, 4.69) is 4.99 Å². The minimum atomic E-state index is -0.614. The van der Waals surface area contributed by atoms with Crippen molar-refractivity contribution in [3.05, 3.63) is 119 Å². The highest BCUT2D eigenvalue weighted by atomic mass is 32.1. The molecule has 10 heteroatoms. The highest BCUT2D eigenvalue weighted by molar-refractivity contribution is 7.10. The van der Waals surface area contributed by atoms with E-state index in [1.165, 1.54) is 22.7 Å². The van der Waals surface area contributed by atoms with Crippen molar-refractivity contribution in [2.24, 2.45) is 4.99 Å². The number of ether oxygens (including phenoxy) is 3. The predicted molar refractivity (Wildman–Crippen MR) is 158 cm³/mol. The summed E-state index contributed by atoms with van der Waals surface area (Å²) < 4.78 is 18.5. The van der Waals surface area contributed by atoms with E-state index >= 15 is 0 Å². The summed E-state index contributed by atoms with van der Waals surface area (Å²) in [6.45, 7) is 6.11. The molecule has 1 aliphatic rings. The second kappa shape index (κ2) is 12.5. The van der Waals surface area contributed by atoms with Gasteiger partial charge in [-0.2, -0.15) is 0 Å². The molecule has 1 atom stereocenters. The van der Waals surface area contributed by atoms with Gasteiger partial charge >= 0.3 is 11.9 Å². The van der Waals surface area contributed by atoms with Crippen LogP contribution in [0, 0.1) is 0 Å². The number of fused-ring (bicyclic) bond motifs is 1. The number of rotatable bonds is 9. The van der Waals surface area contributed by atoms with Gasteiger partial charge in [0.05, 0.1) is 34.6 Å². The fourth-order valence-electron chi connectivity index (χ4n) is 4.49. The summed E-state index contributed by atoms with van der Waals surface area (Å²) in [5.41, 5.74) is 2.75. The second-order valence-electron chi connectivity index (χ2n) is 9.06. The average Bonchev–Trinajstić information content (AvgIpc) is 3.61. The number of hydrogen-bond donors (Lipinski definition) is 0. The van der Waals surface area contributed by atoms with E-state index < -0.39 is 12.0 Å². The molecule has 3 heterocycles. The van der Waals surface area contributed by atoms with Gasteiger partial charge in [0.2, 0.25) is 0 Å². The Morgan fingerprint density at radius 3 is 2.41 bits per heavy atom. The first-order chi connectivity index (χ1) is 19.9. The van der Waals surface area contributed by atoms with Crippen molar-refractivity contribution in [3.8, 4) is 5.75 Å². The number of para-hydroxylation sites is 1. The Morgan fingerprint density at radius 2 is 1.71 bits per heavy atom. The number of allylic oxidation sites excluding steroid dienone is 1. The molecule has 0 aliphatic carbocycles. The lowest BCUT2D eigenvalue weighted by molar-refractivity contribution is -0.139. The largest absolute Gasteiger partial charge is 0.488 e. The average molecular weight is 589 g/mol. The molecule has 0 saturated heterocycles. The van der Waals surface area contributed by atoms with Crippen LogP contribution in [0.2, 0.25) is 0 Å². The number of thiazole rings is 1. The molecule has 2 aromatic heterocycles. The van der Waals surface area contributed by atoms with Crippen LogP contribution in [0.15, 0.2) is 87.1 Å². The van der Waals surface area contributed by atoms with Gasteiger partial charge in [-0.3, -0.25) is 9.36 Å². The summed E-state index contributed by atoms with van der Waals surface area (Å²) in [6, 6.07) is 17.7.